The molecular formula is C14H17N3O4. The van der Waals surface area contributed by atoms with E-state index < -0.39 is 30.4 Å². The van der Waals surface area contributed by atoms with Crippen LogP contribution in [0.1, 0.15) is 23.5 Å². The Balaban J connectivity index is 1.80. The number of rotatable bonds is 6. The molecule has 0 saturated carbocycles. The van der Waals surface area contributed by atoms with Gasteiger partial charge < -0.3 is 21.5 Å². The van der Waals surface area contributed by atoms with Crippen LogP contribution in [-0.4, -0.2) is 35.6 Å². The Hall–Kier alpha value is -2.57. The molecule has 3 amide bonds. The molecule has 0 heterocycles. The highest BCUT2D eigenvalue weighted by Crippen LogP contribution is 2.33. The summed E-state index contributed by atoms with van der Waals surface area (Å²) in [6.07, 6.45) is 0.453. The number of carbonyl (C=O) groups is 3. The SMILES string of the molecule is NC(=O)C[C@H](NC(=O)NCC1Cc2ccccc21)C(=O)O. The van der Waals surface area contributed by atoms with Gasteiger partial charge in [-0.3, -0.25) is 4.79 Å². The van der Waals surface area contributed by atoms with Gasteiger partial charge in [-0.1, -0.05) is 24.3 Å². The summed E-state index contributed by atoms with van der Waals surface area (Å²) in [5.41, 5.74) is 7.40. The maximum absolute atomic E-state index is 11.7. The van der Waals surface area contributed by atoms with E-state index in [1.807, 2.05) is 24.3 Å². The van der Waals surface area contributed by atoms with Crippen LogP contribution < -0.4 is 16.4 Å². The van der Waals surface area contributed by atoms with Gasteiger partial charge in [0.2, 0.25) is 5.91 Å². The fourth-order valence-corrected chi connectivity index (χ4v) is 2.37. The molecule has 1 aliphatic carbocycles. The number of urea groups is 1. The molecule has 1 unspecified atom stereocenters. The van der Waals surface area contributed by atoms with Crippen molar-refractivity contribution < 1.29 is 19.5 Å². The molecule has 7 heteroatoms. The van der Waals surface area contributed by atoms with Crippen LogP contribution in [0.4, 0.5) is 4.79 Å². The number of primary amides is 1. The summed E-state index contributed by atoms with van der Waals surface area (Å²) in [4.78, 5) is 33.3. The first-order chi connectivity index (χ1) is 9.97. The zero-order chi connectivity index (χ0) is 15.4. The molecule has 7 nitrogen and oxygen atoms in total. The second-order valence-corrected chi connectivity index (χ2v) is 5.02. The second kappa shape index (κ2) is 6.25. The van der Waals surface area contributed by atoms with E-state index in [0.29, 0.717) is 6.54 Å². The summed E-state index contributed by atoms with van der Waals surface area (Å²) in [7, 11) is 0. The maximum atomic E-state index is 11.7. The second-order valence-electron chi connectivity index (χ2n) is 5.02. The van der Waals surface area contributed by atoms with E-state index in [-0.39, 0.29) is 5.92 Å². The standard InChI is InChI=1S/C14H17N3O4/c15-12(18)6-11(13(19)20)17-14(21)16-7-9-5-8-3-1-2-4-10(8)9/h1-4,9,11H,5-7H2,(H2,15,18)(H,19,20)(H2,16,17,21)/t9?,11-/m0/s1. The van der Waals surface area contributed by atoms with Gasteiger partial charge in [-0.2, -0.15) is 0 Å². The van der Waals surface area contributed by atoms with Crippen LogP contribution in [0.5, 0.6) is 0 Å². The van der Waals surface area contributed by atoms with Crippen LogP contribution in [0.15, 0.2) is 24.3 Å². The number of fused-ring (bicyclic) bond motifs is 1. The van der Waals surface area contributed by atoms with Crippen molar-refractivity contribution >= 4 is 17.9 Å². The molecule has 112 valence electrons. The largest absolute Gasteiger partial charge is 0.480 e. The lowest BCUT2D eigenvalue weighted by Gasteiger charge is -2.30. The fraction of sp³-hybridized carbons (Fsp3) is 0.357. The molecule has 1 aliphatic rings. The van der Waals surface area contributed by atoms with E-state index in [1.54, 1.807) is 0 Å². The number of aliphatic carboxylic acids is 1. The number of carboxylic acids is 1. The van der Waals surface area contributed by atoms with E-state index in [2.05, 4.69) is 10.6 Å². The minimum absolute atomic E-state index is 0.242. The van der Waals surface area contributed by atoms with E-state index in [0.717, 1.165) is 6.42 Å². The number of hydrogen-bond acceptors (Lipinski definition) is 3. The summed E-state index contributed by atoms with van der Waals surface area (Å²) < 4.78 is 0. The van der Waals surface area contributed by atoms with Crippen molar-refractivity contribution in [1.82, 2.24) is 10.6 Å². The van der Waals surface area contributed by atoms with E-state index in [4.69, 9.17) is 10.8 Å². The monoisotopic (exact) mass is 291 g/mol. The number of nitrogens with one attached hydrogen (secondary N) is 2. The van der Waals surface area contributed by atoms with E-state index >= 15 is 0 Å². The molecule has 0 aromatic heterocycles. The molecule has 0 saturated heterocycles. The van der Waals surface area contributed by atoms with Crippen LogP contribution in [0, 0.1) is 0 Å². The smallest absolute Gasteiger partial charge is 0.326 e. The number of benzene rings is 1. The minimum Gasteiger partial charge on any atom is -0.480 e. The van der Waals surface area contributed by atoms with Gasteiger partial charge in [0.05, 0.1) is 6.42 Å². The zero-order valence-corrected chi connectivity index (χ0v) is 11.3. The number of hydrogen-bond donors (Lipinski definition) is 4. The Kier molecular flexibility index (Phi) is 4.42. The van der Waals surface area contributed by atoms with Crippen LogP contribution in [0.3, 0.4) is 0 Å². The third-order valence-electron chi connectivity index (χ3n) is 3.48. The highest BCUT2D eigenvalue weighted by molar-refractivity contribution is 5.87. The van der Waals surface area contributed by atoms with Crippen molar-refractivity contribution in [3.05, 3.63) is 35.4 Å². The van der Waals surface area contributed by atoms with Crippen molar-refractivity contribution in [2.75, 3.05) is 6.54 Å². The number of nitrogens with two attached hydrogens (primary N) is 1. The van der Waals surface area contributed by atoms with Crippen molar-refractivity contribution in [1.29, 1.82) is 0 Å². The third-order valence-corrected chi connectivity index (χ3v) is 3.48. The van der Waals surface area contributed by atoms with Gasteiger partial charge >= 0.3 is 12.0 Å². The lowest BCUT2D eigenvalue weighted by Crippen LogP contribution is -2.48. The first-order valence-electron chi connectivity index (χ1n) is 6.60. The molecule has 21 heavy (non-hydrogen) atoms. The number of carboxylic acid groups (broad SMARTS) is 1. The first kappa shape index (κ1) is 14.8. The maximum Gasteiger partial charge on any atom is 0.326 e. The van der Waals surface area contributed by atoms with Crippen LogP contribution in [-0.2, 0) is 16.0 Å². The lowest BCUT2D eigenvalue weighted by atomic mass is 9.78. The molecule has 5 N–H and O–H groups in total. The lowest BCUT2D eigenvalue weighted by molar-refractivity contribution is -0.140. The fourth-order valence-electron chi connectivity index (χ4n) is 2.37. The zero-order valence-electron chi connectivity index (χ0n) is 11.3. The van der Waals surface area contributed by atoms with Crippen molar-refractivity contribution in [3.63, 3.8) is 0 Å². The third kappa shape index (κ3) is 3.71. The number of amides is 3. The quantitative estimate of drug-likeness (QED) is 0.587. The highest BCUT2D eigenvalue weighted by atomic mass is 16.4. The van der Waals surface area contributed by atoms with Crippen LogP contribution in [0.2, 0.25) is 0 Å². The summed E-state index contributed by atoms with van der Waals surface area (Å²) >= 11 is 0. The van der Waals surface area contributed by atoms with Crippen LogP contribution >= 0.6 is 0 Å². The van der Waals surface area contributed by atoms with Gasteiger partial charge in [-0.15, -0.1) is 0 Å². The van der Waals surface area contributed by atoms with Crippen molar-refractivity contribution in [2.24, 2.45) is 5.73 Å². The van der Waals surface area contributed by atoms with Gasteiger partial charge in [0.25, 0.3) is 0 Å². The summed E-state index contributed by atoms with van der Waals surface area (Å²) in [6.45, 7) is 0.422. The molecule has 0 aliphatic heterocycles. The molecule has 2 atom stereocenters. The Labute approximate surface area is 121 Å². The van der Waals surface area contributed by atoms with Gasteiger partial charge in [-0.05, 0) is 17.5 Å². The Morgan fingerprint density at radius 1 is 1.33 bits per heavy atom. The van der Waals surface area contributed by atoms with Gasteiger partial charge in [0, 0.05) is 12.5 Å². The predicted molar refractivity (Wildman–Crippen MR) is 74.7 cm³/mol. The highest BCUT2D eigenvalue weighted by Gasteiger charge is 2.26. The molecule has 0 spiro atoms. The van der Waals surface area contributed by atoms with Gasteiger partial charge in [0.1, 0.15) is 6.04 Å². The summed E-state index contributed by atoms with van der Waals surface area (Å²) in [5, 5.41) is 13.7. The Bertz CT molecular complexity index is 573. The molecule has 0 radical (unpaired) electrons. The van der Waals surface area contributed by atoms with E-state index in [9.17, 15) is 14.4 Å². The Morgan fingerprint density at radius 3 is 2.67 bits per heavy atom. The van der Waals surface area contributed by atoms with Crippen LogP contribution in [0.25, 0.3) is 0 Å². The summed E-state index contributed by atoms with van der Waals surface area (Å²) in [6, 6.07) is 6.04. The van der Waals surface area contributed by atoms with Gasteiger partial charge in [0.15, 0.2) is 0 Å². The average Bonchev–Trinajstić information content (AvgIpc) is 2.38. The van der Waals surface area contributed by atoms with E-state index in [1.165, 1.54) is 11.1 Å². The predicted octanol–water partition coefficient (Wildman–Crippen LogP) is -0.0459. The molecular weight excluding hydrogens is 274 g/mol. The summed E-state index contributed by atoms with van der Waals surface area (Å²) in [5.74, 6) is -1.83. The topological polar surface area (TPSA) is 122 Å². The average molecular weight is 291 g/mol. The van der Waals surface area contributed by atoms with Crippen molar-refractivity contribution in [3.8, 4) is 0 Å². The molecule has 1 aromatic carbocycles. The molecule has 1 aromatic rings. The molecule has 2 rings (SSSR count). The first-order valence-corrected chi connectivity index (χ1v) is 6.60. The molecule has 0 bridgehead atoms. The molecule has 0 fully saturated rings. The normalized spacial score (nSPS) is 17.0. The van der Waals surface area contributed by atoms with Crippen molar-refractivity contribution in [2.45, 2.75) is 24.8 Å². The minimum atomic E-state index is -1.31. The Morgan fingerprint density at radius 2 is 2.05 bits per heavy atom. The van der Waals surface area contributed by atoms with Gasteiger partial charge in [-0.25, -0.2) is 9.59 Å². The number of carbonyl (C=O) groups excluding carboxylic acids is 2.